The predicted molar refractivity (Wildman–Crippen MR) is 105 cm³/mol. The second kappa shape index (κ2) is 8.31. The predicted octanol–water partition coefficient (Wildman–Crippen LogP) is 2.44. The van der Waals surface area contributed by atoms with Gasteiger partial charge in [-0.05, 0) is 42.7 Å². The van der Waals surface area contributed by atoms with Gasteiger partial charge in [0.2, 0.25) is 0 Å². The Morgan fingerprint density at radius 1 is 1.23 bits per heavy atom. The van der Waals surface area contributed by atoms with Gasteiger partial charge in [0.25, 0.3) is 5.91 Å². The zero-order valence-electron chi connectivity index (χ0n) is 15.3. The van der Waals surface area contributed by atoms with Crippen LogP contribution in [0.4, 0.5) is 5.82 Å². The maximum atomic E-state index is 12.3. The van der Waals surface area contributed by atoms with Crippen LogP contribution < -0.4 is 11.1 Å². The van der Waals surface area contributed by atoms with Gasteiger partial charge in [0.05, 0.1) is 11.5 Å². The van der Waals surface area contributed by atoms with Crippen LogP contribution in [0.2, 0.25) is 0 Å². The maximum Gasteiger partial charge on any atom is 0.251 e. The van der Waals surface area contributed by atoms with E-state index in [0.29, 0.717) is 11.4 Å². The van der Waals surface area contributed by atoms with Crippen molar-refractivity contribution in [2.75, 3.05) is 23.8 Å². The topological polar surface area (TPSA) is 102 Å². The third-order valence-corrected chi connectivity index (χ3v) is 5.79. The Morgan fingerprint density at radius 3 is 2.62 bits per heavy atom. The molecule has 0 saturated heterocycles. The van der Waals surface area contributed by atoms with E-state index in [9.17, 15) is 13.2 Å². The summed E-state index contributed by atoms with van der Waals surface area (Å²) in [5.74, 6) is 0.220. The summed E-state index contributed by atoms with van der Waals surface area (Å²) in [4.78, 5) is 16.6. The first-order valence-electron chi connectivity index (χ1n) is 8.50. The molecule has 0 aliphatic rings. The second-order valence-electron chi connectivity index (χ2n) is 6.73. The Kier molecular flexibility index (Phi) is 6.37. The highest BCUT2D eigenvalue weighted by molar-refractivity contribution is 7.91. The summed E-state index contributed by atoms with van der Waals surface area (Å²) in [7, 11) is -3.16. The lowest BCUT2D eigenvalue weighted by Gasteiger charge is -2.10. The van der Waals surface area contributed by atoms with Crippen LogP contribution in [0.1, 0.15) is 29.9 Å². The molecule has 0 aliphatic heterocycles. The van der Waals surface area contributed by atoms with Crippen LogP contribution in [0.5, 0.6) is 0 Å². The van der Waals surface area contributed by atoms with Crippen LogP contribution in [0, 0.1) is 12.8 Å². The molecule has 0 atom stereocenters. The highest BCUT2D eigenvalue weighted by Crippen LogP contribution is 2.25. The molecule has 6 nitrogen and oxygen atoms in total. The Morgan fingerprint density at radius 2 is 1.96 bits per heavy atom. The fourth-order valence-corrected chi connectivity index (χ4v) is 4.26. The van der Waals surface area contributed by atoms with Crippen LogP contribution in [0.15, 0.2) is 36.4 Å². The number of carbonyl (C=O) groups excluding carboxylic acids is 1. The lowest BCUT2D eigenvalue weighted by Crippen LogP contribution is -2.30. The number of aromatic nitrogens is 1. The van der Waals surface area contributed by atoms with Crippen LogP contribution in [0.3, 0.4) is 0 Å². The largest absolute Gasteiger partial charge is 0.383 e. The van der Waals surface area contributed by atoms with E-state index in [4.69, 9.17) is 5.73 Å². The third kappa shape index (κ3) is 5.56. The van der Waals surface area contributed by atoms with Gasteiger partial charge in [-0.25, -0.2) is 13.4 Å². The summed E-state index contributed by atoms with van der Waals surface area (Å²) in [6.45, 7) is 5.66. The van der Waals surface area contributed by atoms with Crippen molar-refractivity contribution in [1.29, 1.82) is 0 Å². The van der Waals surface area contributed by atoms with Gasteiger partial charge in [0, 0.05) is 23.4 Å². The number of nitrogens with one attached hydrogen (secondary N) is 1. The first-order chi connectivity index (χ1) is 12.2. The summed E-state index contributed by atoms with van der Waals surface area (Å²) in [6.07, 6.45) is 0. The molecule has 0 spiro atoms. The number of benzene rings is 1. The van der Waals surface area contributed by atoms with Crippen molar-refractivity contribution in [3.05, 3.63) is 47.7 Å². The highest BCUT2D eigenvalue weighted by atomic mass is 32.2. The molecule has 1 aromatic heterocycles. The van der Waals surface area contributed by atoms with Gasteiger partial charge in [-0.15, -0.1) is 0 Å². The first-order valence-corrected chi connectivity index (χ1v) is 10.3. The van der Waals surface area contributed by atoms with E-state index in [-0.39, 0.29) is 29.9 Å². The van der Waals surface area contributed by atoms with Crippen LogP contribution >= 0.6 is 0 Å². The molecule has 0 saturated carbocycles. The second-order valence-corrected chi connectivity index (χ2v) is 8.96. The monoisotopic (exact) mass is 375 g/mol. The van der Waals surface area contributed by atoms with Gasteiger partial charge >= 0.3 is 0 Å². The number of hydrogen-bond acceptors (Lipinski definition) is 5. The third-order valence-electron chi connectivity index (χ3n) is 3.79. The summed E-state index contributed by atoms with van der Waals surface area (Å²) in [6, 6.07) is 10.7. The van der Waals surface area contributed by atoms with Gasteiger partial charge in [-0.1, -0.05) is 26.0 Å². The number of nitrogens with two attached hydrogens (primary N) is 1. The Hall–Kier alpha value is -2.41. The SMILES string of the molecule is Cc1ccc(-c2cccc(C(=O)NCCS(=O)(=O)CC(C)C)c2)c(N)n1. The maximum absolute atomic E-state index is 12.3. The van der Waals surface area contributed by atoms with Crippen LogP contribution in [0.25, 0.3) is 11.1 Å². The standard InChI is InChI=1S/C19H25N3O3S/c1-13(2)12-26(24,25)10-9-21-19(23)16-6-4-5-15(11-16)17-8-7-14(3)22-18(17)20/h4-8,11,13H,9-10,12H2,1-3H3,(H2,20,22)(H,21,23). The molecule has 1 amide bonds. The molecular formula is C19H25N3O3S. The summed E-state index contributed by atoms with van der Waals surface area (Å²) in [5, 5.41) is 2.67. The molecule has 1 aromatic carbocycles. The zero-order chi connectivity index (χ0) is 19.3. The van der Waals surface area contributed by atoms with E-state index >= 15 is 0 Å². The van der Waals surface area contributed by atoms with Crippen molar-refractivity contribution in [2.24, 2.45) is 5.92 Å². The normalized spacial score (nSPS) is 11.5. The molecule has 0 unspecified atom stereocenters. The number of pyridine rings is 1. The number of amides is 1. The molecule has 140 valence electrons. The Labute approximate surface area is 154 Å². The summed E-state index contributed by atoms with van der Waals surface area (Å²) in [5.41, 5.74) is 8.78. The quantitative estimate of drug-likeness (QED) is 0.774. The number of nitrogen functional groups attached to an aromatic ring is 1. The molecular weight excluding hydrogens is 350 g/mol. The fourth-order valence-electron chi connectivity index (χ4n) is 2.66. The average Bonchev–Trinajstić information content (AvgIpc) is 2.53. The molecule has 0 aliphatic carbocycles. The van der Waals surface area contributed by atoms with E-state index in [1.807, 2.05) is 39.0 Å². The van der Waals surface area contributed by atoms with Crippen molar-refractivity contribution in [3.63, 3.8) is 0 Å². The van der Waals surface area contributed by atoms with Gasteiger partial charge in [0.15, 0.2) is 9.84 Å². The van der Waals surface area contributed by atoms with E-state index in [0.717, 1.165) is 16.8 Å². The van der Waals surface area contributed by atoms with Crippen molar-refractivity contribution in [3.8, 4) is 11.1 Å². The first kappa shape index (κ1) is 19.9. The number of carbonyl (C=O) groups is 1. The van der Waals surface area contributed by atoms with E-state index in [1.54, 1.807) is 18.2 Å². The summed E-state index contributed by atoms with van der Waals surface area (Å²) >= 11 is 0. The molecule has 7 heteroatoms. The minimum atomic E-state index is -3.16. The van der Waals surface area contributed by atoms with E-state index < -0.39 is 9.84 Å². The smallest absolute Gasteiger partial charge is 0.251 e. The van der Waals surface area contributed by atoms with Gasteiger partial charge in [-0.3, -0.25) is 4.79 Å². The molecule has 26 heavy (non-hydrogen) atoms. The number of hydrogen-bond donors (Lipinski definition) is 2. The summed E-state index contributed by atoms with van der Waals surface area (Å²) < 4.78 is 23.8. The van der Waals surface area contributed by atoms with Gasteiger partial charge in [0.1, 0.15) is 5.82 Å². The van der Waals surface area contributed by atoms with E-state index in [2.05, 4.69) is 10.3 Å². The lowest BCUT2D eigenvalue weighted by atomic mass is 10.0. The molecule has 2 aromatic rings. The zero-order valence-corrected chi connectivity index (χ0v) is 16.1. The minimum absolute atomic E-state index is 0.0640. The number of rotatable bonds is 7. The number of sulfone groups is 1. The van der Waals surface area contributed by atoms with Gasteiger partial charge in [-0.2, -0.15) is 0 Å². The molecule has 0 radical (unpaired) electrons. The van der Waals surface area contributed by atoms with Crippen LogP contribution in [-0.4, -0.2) is 37.4 Å². The Balaban J connectivity index is 2.06. The van der Waals surface area contributed by atoms with Crippen molar-refractivity contribution in [1.82, 2.24) is 10.3 Å². The van der Waals surface area contributed by atoms with Crippen molar-refractivity contribution >= 4 is 21.6 Å². The average molecular weight is 375 g/mol. The Bertz CT molecular complexity index is 893. The fraction of sp³-hybridized carbons (Fsp3) is 0.368. The molecule has 3 N–H and O–H groups in total. The highest BCUT2D eigenvalue weighted by Gasteiger charge is 2.14. The van der Waals surface area contributed by atoms with Gasteiger partial charge < -0.3 is 11.1 Å². The van der Waals surface area contributed by atoms with E-state index in [1.165, 1.54) is 0 Å². The van der Waals surface area contributed by atoms with Crippen molar-refractivity contribution in [2.45, 2.75) is 20.8 Å². The minimum Gasteiger partial charge on any atom is -0.383 e. The molecule has 0 fully saturated rings. The van der Waals surface area contributed by atoms with Crippen LogP contribution in [-0.2, 0) is 9.84 Å². The molecule has 1 heterocycles. The number of anilines is 1. The van der Waals surface area contributed by atoms with Crippen molar-refractivity contribution < 1.29 is 13.2 Å². The number of aryl methyl sites for hydroxylation is 1. The molecule has 2 rings (SSSR count). The lowest BCUT2D eigenvalue weighted by molar-refractivity contribution is 0.0956. The molecule has 0 bridgehead atoms. The number of nitrogens with zero attached hydrogens (tertiary/aromatic N) is 1.